The van der Waals surface area contributed by atoms with Crippen LogP contribution in [-0.4, -0.2) is 27.5 Å². The summed E-state index contributed by atoms with van der Waals surface area (Å²) < 4.78 is 32.2. The first-order valence-electron chi connectivity index (χ1n) is 15.8. The van der Waals surface area contributed by atoms with E-state index in [2.05, 4.69) is 26.7 Å². The van der Waals surface area contributed by atoms with E-state index >= 15 is 8.78 Å². The lowest BCUT2D eigenvalue weighted by Crippen LogP contribution is -2.29. The molecule has 2 saturated carbocycles. The van der Waals surface area contributed by atoms with Crippen LogP contribution in [0.3, 0.4) is 0 Å². The maximum atomic E-state index is 16.1. The Morgan fingerprint density at radius 3 is 2.30 bits per heavy atom. The standard InChI is InChI=1S/C36H33F2N5/c37-36(38)26-14-19(20-4-8-29-31(16-20)43-34(42-29)33-22-1-5-23(13-22)40-33)2-6-24(26)25-7-3-21(15-27(25)36)28-9-10-30(41-28)32-17-35(11-12-35)18-39-32/h2-4,6-10,14-16,22-23,32-33,39-41H,1,5,11-13,17-18H2,(H,42,43)/t22-,23+,32-,33-/m0/s1. The summed E-state index contributed by atoms with van der Waals surface area (Å²) in [6, 6.07) is 22.4. The number of nitrogens with one attached hydrogen (secondary N) is 4. The van der Waals surface area contributed by atoms with Crippen molar-refractivity contribution in [2.75, 3.05) is 6.54 Å². The van der Waals surface area contributed by atoms with Gasteiger partial charge in [-0.2, -0.15) is 8.78 Å². The fourth-order valence-corrected chi connectivity index (χ4v) is 8.57. The van der Waals surface area contributed by atoms with Crippen LogP contribution in [0.5, 0.6) is 0 Å². The van der Waals surface area contributed by atoms with Gasteiger partial charge in [-0.25, -0.2) is 4.98 Å². The maximum absolute atomic E-state index is 16.1. The number of piperidine rings is 1. The second kappa shape index (κ2) is 8.42. The van der Waals surface area contributed by atoms with E-state index < -0.39 is 5.92 Å². The number of halogens is 2. The van der Waals surface area contributed by atoms with Crippen molar-refractivity contribution in [1.29, 1.82) is 0 Å². The summed E-state index contributed by atoms with van der Waals surface area (Å²) >= 11 is 0. The van der Waals surface area contributed by atoms with Crippen molar-refractivity contribution in [3.63, 3.8) is 0 Å². The predicted molar refractivity (Wildman–Crippen MR) is 164 cm³/mol. The van der Waals surface area contributed by atoms with Crippen molar-refractivity contribution in [2.24, 2.45) is 11.3 Å². The average molecular weight is 574 g/mol. The van der Waals surface area contributed by atoms with E-state index in [1.165, 1.54) is 32.1 Å². The fourth-order valence-electron chi connectivity index (χ4n) is 8.57. The van der Waals surface area contributed by atoms with E-state index in [1.807, 2.05) is 48.5 Å². The van der Waals surface area contributed by atoms with Gasteiger partial charge in [-0.05, 0) is 114 Å². The van der Waals surface area contributed by atoms with Crippen molar-refractivity contribution < 1.29 is 8.78 Å². The highest BCUT2D eigenvalue weighted by Gasteiger charge is 2.49. The molecule has 43 heavy (non-hydrogen) atoms. The molecule has 3 aromatic carbocycles. The molecule has 7 heteroatoms. The van der Waals surface area contributed by atoms with Gasteiger partial charge in [-0.1, -0.05) is 30.3 Å². The number of hydrogen-bond donors (Lipinski definition) is 4. The number of aromatic nitrogens is 3. The first-order chi connectivity index (χ1) is 20.9. The molecule has 2 aliphatic heterocycles. The molecular weight excluding hydrogens is 540 g/mol. The summed E-state index contributed by atoms with van der Waals surface area (Å²) in [6.07, 6.45) is 7.51. The van der Waals surface area contributed by atoms with Crippen LogP contribution in [0.1, 0.15) is 73.3 Å². The highest BCUT2D eigenvalue weighted by Crippen LogP contribution is 2.55. The van der Waals surface area contributed by atoms with Crippen LogP contribution >= 0.6 is 0 Å². The monoisotopic (exact) mass is 573 g/mol. The molecule has 5 nitrogen and oxygen atoms in total. The molecule has 3 aliphatic carbocycles. The van der Waals surface area contributed by atoms with Gasteiger partial charge >= 0.3 is 0 Å². The average Bonchev–Trinajstić information content (AvgIpc) is 3.68. The Morgan fingerprint density at radius 1 is 0.791 bits per heavy atom. The molecule has 216 valence electrons. The molecule has 2 saturated heterocycles. The van der Waals surface area contributed by atoms with E-state index in [0.717, 1.165) is 57.9 Å². The van der Waals surface area contributed by atoms with Crippen molar-refractivity contribution in [3.8, 4) is 33.5 Å². The summed E-state index contributed by atoms with van der Waals surface area (Å²) in [5.74, 6) is -1.44. The zero-order valence-corrected chi connectivity index (χ0v) is 23.8. The number of alkyl halides is 2. The normalized spacial score (nSPS) is 27.3. The Hall–Kier alpha value is -3.81. The summed E-state index contributed by atoms with van der Waals surface area (Å²) in [6.45, 7) is 1.08. The molecule has 1 spiro atoms. The molecule has 2 bridgehead atoms. The van der Waals surface area contributed by atoms with Crippen LogP contribution in [-0.2, 0) is 5.92 Å². The summed E-state index contributed by atoms with van der Waals surface area (Å²) in [7, 11) is 0. The highest BCUT2D eigenvalue weighted by molar-refractivity contribution is 5.87. The Balaban J connectivity index is 0.956. The van der Waals surface area contributed by atoms with Crippen LogP contribution in [0.15, 0.2) is 66.7 Å². The highest BCUT2D eigenvalue weighted by atomic mass is 19.3. The quantitative estimate of drug-likeness (QED) is 0.176. The molecular formula is C36H33F2N5. The third kappa shape index (κ3) is 3.64. The Kier molecular flexibility index (Phi) is 4.82. The first kappa shape index (κ1) is 24.6. The minimum absolute atomic E-state index is 0.0748. The lowest BCUT2D eigenvalue weighted by molar-refractivity contribution is 0.0481. The van der Waals surface area contributed by atoms with Gasteiger partial charge in [0.25, 0.3) is 5.92 Å². The maximum Gasteiger partial charge on any atom is 0.299 e. The van der Waals surface area contributed by atoms with Gasteiger partial charge in [0.15, 0.2) is 0 Å². The molecule has 5 aliphatic rings. The summed E-state index contributed by atoms with van der Waals surface area (Å²) in [5, 5.41) is 7.36. The Labute approximate surface area is 248 Å². The fraction of sp³-hybridized carbons (Fsp3) is 0.361. The number of aromatic amines is 2. The SMILES string of the molecule is FC1(F)c2cc(-c3ccc4nc([C@H]5N[C@@H]6CC[C@H]5C6)[nH]c4c3)ccc2-c2ccc(-c3ccc([C@@H]4CC5(CC5)CN4)[nH]3)cc21. The molecule has 4 N–H and O–H groups in total. The molecule has 10 rings (SSSR count). The number of rotatable bonds is 4. The Bertz CT molecular complexity index is 1950. The van der Waals surface area contributed by atoms with Gasteiger partial charge in [0.1, 0.15) is 5.82 Å². The first-order valence-corrected chi connectivity index (χ1v) is 15.8. The van der Waals surface area contributed by atoms with Crippen molar-refractivity contribution in [2.45, 2.75) is 62.6 Å². The van der Waals surface area contributed by atoms with Crippen molar-refractivity contribution >= 4 is 11.0 Å². The van der Waals surface area contributed by atoms with E-state index in [4.69, 9.17) is 4.98 Å². The van der Waals surface area contributed by atoms with Crippen LogP contribution in [0, 0.1) is 11.3 Å². The van der Waals surface area contributed by atoms with Gasteiger partial charge in [0.2, 0.25) is 0 Å². The zero-order chi connectivity index (χ0) is 28.5. The lowest BCUT2D eigenvalue weighted by Gasteiger charge is -2.20. The molecule has 0 radical (unpaired) electrons. The smallest absolute Gasteiger partial charge is 0.299 e. The molecule has 0 unspecified atom stereocenters. The number of benzene rings is 3. The van der Waals surface area contributed by atoms with Crippen LogP contribution in [0.2, 0.25) is 0 Å². The van der Waals surface area contributed by atoms with Gasteiger partial charge in [-0.15, -0.1) is 0 Å². The van der Waals surface area contributed by atoms with E-state index in [-0.39, 0.29) is 17.2 Å². The summed E-state index contributed by atoms with van der Waals surface area (Å²) in [5.41, 5.74) is 8.26. The largest absolute Gasteiger partial charge is 0.357 e. The molecule has 0 amide bonds. The van der Waals surface area contributed by atoms with E-state index in [9.17, 15) is 0 Å². The number of H-pyrrole nitrogens is 2. The Morgan fingerprint density at radius 2 is 1.56 bits per heavy atom. The number of fused-ring (bicyclic) bond motifs is 6. The molecule has 5 aromatic rings. The van der Waals surface area contributed by atoms with Crippen molar-refractivity contribution in [3.05, 3.63) is 89.4 Å². The number of imidazole rings is 1. The lowest BCUT2D eigenvalue weighted by atomic mass is 9.98. The topological polar surface area (TPSA) is 68.5 Å². The third-order valence-electron chi connectivity index (χ3n) is 11.2. The van der Waals surface area contributed by atoms with Gasteiger partial charge in [-0.3, -0.25) is 0 Å². The molecule has 4 heterocycles. The second-order valence-electron chi connectivity index (χ2n) is 13.8. The van der Waals surface area contributed by atoms with Crippen molar-refractivity contribution in [1.82, 2.24) is 25.6 Å². The van der Waals surface area contributed by atoms with Crippen LogP contribution in [0.4, 0.5) is 8.78 Å². The molecule has 4 fully saturated rings. The predicted octanol–water partition coefficient (Wildman–Crippen LogP) is 7.97. The van der Waals surface area contributed by atoms with Crippen LogP contribution in [0.25, 0.3) is 44.5 Å². The second-order valence-corrected chi connectivity index (χ2v) is 13.8. The van der Waals surface area contributed by atoms with E-state index in [0.29, 0.717) is 34.5 Å². The minimum Gasteiger partial charge on any atom is -0.357 e. The number of hydrogen-bond acceptors (Lipinski definition) is 3. The zero-order valence-electron chi connectivity index (χ0n) is 23.8. The van der Waals surface area contributed by atoms with E-state index in [1.54, 1.807) is 12.1 Å². The van der Waals surface area contributed by atoms with Gasteiger partial charge in [0, 0.05) is 41.1 Å². The molecule has 2 aromatic heterocycles. The molecule has 4 atom stereocenters. The summed E-state index contributed by atoms with van der Waals surface area (Å²) in [4.78, 5) is 11.9. The number of nitrogens with zero attached hydrogens (tertiary/aromatic N) is 1. The van der Waals surface area contributed by atoms with Gasteiger partial charge in [0.05, 0.1) is 17.1 Å². The van der Waals surface area contributed by atoms with Gasteiger partial charge < -0.3 is 20.6 Å². The third-order valence-corrected chi connectivity index (χ3v) is 11.2. The minimum atomic E-state index is -3.07. The van der Waals surface area contributed by atoms with Crippen LogP contribution < -0.4 is 10.6 Å².